The van der Waals surface area contributed by atoms with Crippen LogP contribution in [0.1, 0.15) is 10.6 Å². The number of ether oxygens (including phenoxy) is 1. The van der Waals surface area contributed by atoms with Crippen LogP contribution in [0.4, 0.5) is 11.5 Å². The van der Waals surface area contributed by atoms with Crippen molar-refractivity contribution < 1.29 is 13.9 Å². The lowest BCUT2D eigenvalue weighted by molar-refractivity contribution is 0.110. The fourth-order valence-electron chi connectivity index (χ4n) is 1.93. The van der Waals surface area contributed by atoms with Crippen molar-refractivity contribution in [1.29, 1.82) is 0 Å². The molecule has 20 heavy (non-hydrogen) atoms. The highest BCUT2D eigenvalue weighted by molar-refractivity contribution is 5.82. The van der Waals surface area contributed by atoms with Gasteiger partial charge in [0.05, 0.1) is 18.3 Å². The quantitative estimate of drug-likeness (QED) is 0.735. The molecule has 0 aliphatic rings. The number of carbonyl (C=O) groups is 1. The molecule has 0 aliphatic heterocycles. The molecule has 0 fully saturated rings. The van der Waals surface area contributed by atoms with Crippen LogP contribution in [-0.4, -0.2) is 18.4 Å². The molecule has 0 unspecified atom stereocenters. The Hall–Kier alpha value is -2.82. The Morgan fingerprint density at radius 2 is 2.15 bits per heavy atom. The van der Waals surface area contributed by atoms with Crippen molar-refractivity contribution in [3.05, 3.63) is 48.4 Å². The molecule has 0 saturated heterocycles. The molecule has 0 aliphatic carbocycles. The monoisotopic (exact) mass is 268 g/mol. The summed E-state index contributed by atoms with van der Waals surface area (Å²) in [6.45, 7) is 0. The average Bonchev–Trinajstić information content (AvgIpc) is 2.94. The second-order valence-electron chi connectivity index (χ2n) is 4.24. The Kier molecular flexibility index (Phi) is 3.09. The summed E-state index contributed by atoms with van der Waals surface area (Å²) < 4.78 is 10.2. The smallest absolute Gasteiger partial charge is 0.185 e. The van der Waals surface area contributed by atoms with E-state index in [0.29, 0.717) is 17.8 Å². The van der Waals surface area contributed by atoms with Crippen molar-refractivity contribution in [1.82, 2.24) is 4.98 Å². The fourth-order valence-corrected chi connectivity index (χ4v) is 1.93. The molecule has 5 nitrogen and oxygen atoms in total. The molecule has 3 aromatic rings. The molecule has 2 aromatic heterocycles. The van der Waals surface area contributed by atoms with Crippen LogP contribution in [0, 0.1) is 0 Å². The average molecular weight is 268 g/mol. The van der Waals surface area contributed by atoms with Crippen molar-refractivity contribution >= 4 is 28.7 Å². The number of methoxy groups -OCH3 is 1. The maximum absolute atomic E-state index is 10.6. The summed E-state index contributed by atoms with van der Waals surface area (Å²) in [5.41, 5.74) is 1.54. The van der Waals surface area contributed by atoms with E-state index in [9.17, 15) is 4.79 Å². The Labute approximate surface area is 115 Å². The molecule has 0 spiro atoms. The summed E-state index contributed by atoms with van der Waals surface area (Å²) in [7, 11) is 1.63. The molecule has 1 aromatic carbocycles. The van der Waals surface area contributed by atoms with Crippen molar-refractivity contribution in [2.45, 2.75) is 0 Å². The Bertz CT molecular complexity index is 765. The van der Waals surface area contributed by atoms with Gasteiger partial charge in [-0.1, -0.05) is 0 Å². The van der Waals surface area contributed by atoms with Gasteiger partial charge in [0.1, 0.15) is 17.8 Å². The number of carbonyl (C=O) groups excluding carboxylic acids is 1. The zero-order chi connectivity index (χ0) is 13.9. The molecule has 3 rings (SSSR count). The molecule has 1 N–H and O–H groups in total. The number of aldehydes is 1. The van der Waals surface area contributed by atoms with E-state index >= 15 is 0 Å². The van der Waals surface area contributed by atoms with E-state index in [4.69, 9.17) is 9.15 Å². The van der Waals surface area contributed by atoms with E-state index in [1.165, 1.54) is 6.26 Å². The molecule has 0 atom stereocenters. The Morgan fingerprint density at radius 1 is 1.25 bits per heavy atom. The highest BCUT2D eigenvalue weighted by Crippen LogP contribution is 2.23. The van der Waals surface area contributed by atoms with E-state index in [2.05, 4.69) is 10.3 Å². The minimum atomic E-state index is 0.276. The lowest BCUT2D eigenvalue weighted by Crippen LogP contribution is -1.92. The maximum Gasteiger partial charge on any atom is 0.185 e. The van der Waals surface area contributed by atoms with Gasteiger partial charge in [-0.3, -0.25) is 4.79 Å². The van der Waals surface area contributed by atoms with Crippen molar-refractivity contribution in [2.24, 2.45) is 0 Å². The first kappa shape index (κ1) is 12.2. The van der Waals surface area contributed by atoms with Gasteiger partial charge in [0.15, 0.2) is 12.0 Å². The summed E-state index contributed by atoms with van der Waals surface area (Å²) >= 11 is 0. The largest absolute Gasteiger partial charge is 0.497 e. The zero-order valence-electron chi connectivity index (χ0n) is 10.8. The number of pyridine rings is 1. The summed E-state index contributed by atoms with van der Waals surface area (Å²) in [6, 6.07) is 11.1. The fraction of sp³-hybridized carbons (Fsp3) is 0.0667. The van der Waals surface area contributed by atoms with Crippen LogP contribution in [0.3, 0.4) is 0 Å². The van der Waals surface area contributed by atoms with Crippen LogP contribution in [0.5, 0.6) is 5.75 Å². The number of benzene rings is 1. The number of rotatable bonds is 4. The van der Waals surface area contributed by atoms with Gasteiger partial charge < -0.3 is 14.5 Å². The van der Waals surface area contributed by atoms with Crippen LogP contribution >= 0.6 is 0 Å². The number of aromatic nitrogens is 1. The minimum absolute atomic E-state index is 0.276. The van der Waals surface area contributed by atoms with E-state index in [-0.39, 0.29) is 5.76 Å². The lowest BCUT2D eigenvalue weighted by atomic mass is 10.2. The predicted molar refractivity (Wildman–Crippen MR) is 75.7 cm³/mol. The summed E-state index contributed by atoms with van der Waals surface area (Å²) in [6.07, 6.45) is 2.13. The van der Waals surface area contributed by atoms with Crippen molar-refractivity contribution in [3.8, 4) is 5.75 Å². The third-order valence-electron chi connectivity index (χ3n) is 2.90. The molecule has 2 heterocycles. The molecule has 0 saturated carbocycles. The molecule has 0 amide bonds. The summed E-state index contributed by atoms with van der Waals surface area (Å²) in [5.74, 6) is 1.75. The molecule has 0 bridgehead atoms. The van der Waals surface area contributed by atoms with Gasteiger partial charge in [-0.15, -0.1) is 0 Å². The predicted octanol–water partition coefficient (Wildman–Crippen LogP) is 3.39. The first-order chi connectivity index (χ1) is 9.78. The number of nitrogens with one attached hydrogen (secondary N) is 1. The van der Waals surface area contributed by atoms with E-state index in [1.807, 2.05) is 30.3 Å². The zero-order valence-corrected chi connectivity index (χ0v) is 10.8. The van der Waals surface area contributed by atoms with E-state index in [0.717, 1.165) is 16.7 Å². The molecule has 100 valence electrons. The first-order valence-corrected chi connectivity index (χ1v) is 6.04. The Morgan fingerprint density at radius 3 is 2.90 bits per heavy atom. The van der Waals surface area contributed by atoms with Crippen molar-refractivity contribution in [3.63, 3.8) is 0 Å². The van der Waals surface area contributed by atoms with E-state index in [1.54, 1.807) is 13.2 Å². The third kappa shape index (κ3) is 2.33. The van der Waals surface area contributed by atoms with Gasteiger partial charge in [0, 0.05) is 11.5 Å². The number of fused-ring (bicyclic) bond motifs is 1. The molecule has 5 heteroatoms. The van der Waals surface area contributed by atoms with Crippen LogP contribution in [0.2, 0.25) is 0 Å². The van der Waals surface area contributed by atoms with E-state index < -0.39 is 0 Å². The molecular formula is C15H12N2O3. The van der Waals surface area contributed by atoms with Crippen LogP contribution < -0.4 is 10.1 Å². The van der Waals surface area contributed by atoms with Gasteiger partial charge in [0.2, 0.25) is 0 Å². The van der Waals surface area contributed by atoms with Gasteiger partial charge in [0.25, 0.3) is 0 Å². The molecular weight excluding hydrogens is 256 g/mol. The highest BCUT2D eigenvalue weighted by Gasteiger charge is 2.03. The number of hydrogen-bond donors (Lipinski definition) is 1. The number of anilines is 2. The van der Waals surface area contributed by atoms with Crippen LogP contribution in [-0.2, 0) is 0 Å². The van der Waals surface area contributed by atoms with Gasteiger partial charge in [-0.25, -0.2) is 4.98 Å². The van der Waals surface area contributed by atoms with Crippen molar-refractivity contribution in [2.75, 3.05) is 12.4 Å². The number of furan rings is 1. The summed E-state index contributed by atoms with van der Waals surface area (Å²) in [4.78, 5) is 15.0. The highest BCUT2D eigenvalue weighted by atomic mass is 16.5. The van der Waals surface area contributed by atoms with Gasteiger partial charge in [-0.05, 0) is 30.3 Å². The first-order valence-electron chi connectivity index (χ1n) is 6.04. The van der Waals surface area contributed by atoms with Crippen LogP contribution in [0.25, 0.3) is 10.9 Å². The van der Waals surface area contributed by atoms with Gasteiger partial charge in [-0.2, -0.15) is 0 Å². The van der Waals surface area contributed by atoms with Crippen LogP contribution in [0.15, 0.2) is 47.1 Å². The van der Waals surface area contributed by atoms with Gasteiger partial charge >= 0.3 is 0 Å². The second-order valence-corrected chi connectivity index (χ2v) is 4.24. The number of nitrogens with zero attached hydrogens (tertiary/aromatic N) is 1. The third-order valence-corrected chi connectivity index (χ3v) is 2.90. The normalized spacial score (nSPS) is 10.4. The SMILES string of the molecule is COc1ccc2nc(Nc3coc(C=O)c3)ccc2c1. The standard InChI is InChI=1S/C15H12N2O3/c1-19-12-3-4-14-10(6-12)2-5-15(17-14)16-11-7-13(8-18)20-9-11/h2-9H,1H3,(H,16,17). The minimum Gasteiger partial charge on any atom is -0.497 e. The summed E-state index contributed by atoms with van der Waals surface area (Å²) in [5, 5.41) is 4.08. The Balaban J connectivity index is 1.90. The second kappa shape index (κ2) is 5.05. The molecule has 0 radical (unpaired) electrons. The maximum atomic E-state index is 10.6. The number of hydrogen-bond acceptors (Lipinski definition) is 5. The topological polar surface area (TPSA) is 64.4 Å². The lowest BCUT2D eigenvalue weighted by Gasteiger charge is -2.05.